The predicted molar refractivity (Wildman–Crippen MR) is 171 cm³/mol. The topological polar surface area (TPSA) is 340 Å². The zero-order valence-corrected chi connectivity index (χ0v) is 28.7. The van der Waals surface area contributed by atoms with E-state index < -0.39 is 64.7 Å². The number of fused-ring (bicyclic) bond motifs is 1. The highest BCUT2D eigenvalue weighted by atomic mass is 32.2. The van der Waals surface area contributed by atoms with Crippen molar-refractivity contribution in [3.63, 3.8) is 0 Å². The molecule has 0 radical (unpaired) electrons. The van der Waals surface area contributed by atoms with Gasteiger partial charge in [-0.15, -0.1) is 21.1 Å². The van der Waals surface area contributed by atoms with E-state index in [9.17, 15) is 47.4 Å². The van der Waals surface area contributed by atoms with Gasteiger partial charge < -0.3 is 52.8 Å². The molecule has 0 saturated carbocycles. The molecule has 0 aliphatic carbocycles. The number of β-lactam (4-membered cyclic amide) rings is 1. The lowest BCUT2D eigenvalue weighted by molar-refractivity contribution is -0.765. The van der Waals surface area contributed by atoms with Gasteiger partial charge in [0.2, 0.25) is 23.3 Å². The molecule has 1 saturated heterocycles. The number of carbonyl (C=O) groups is 6. The SMILES string of the molecule is Cn1c(N)c(NC(=O)NCCN)c[n+]1CC1=C(C(=O)O)N2C(=O)[C@@H](NC(=O)/C(=N\OC(C)(C)C(=O)O)c3nsc(N)n3)[C@H]2SC1.O=C([O-])C(F)(F)F. The molecule has 284 valence electrons. The van der Waals surface area contributed by atoms with Crippen LogP contribution in [-0.2, 0) is 42.4 Å². The van der Waals surface area contributed by atoms with Crippen LogP contribution >= 0.6 is 23.3 Å². The Hall–Kier alpha value is -5.70. The van der Waals surface area contributed by atoms with Crippen molar-refractivity contribution in [1.82, 2.24) is 29.6 Å². The second kappa shape index (κ2) is 16.1. The highest BCUT2D eigenvalue weighted by Crippen LogP contribution is 2.40. The fraction of sp³-hybridized carbons (Fsp3) is 0.440. The summed E-state index contributed by atoms with van der Waals surface area (Å²) in [6, 6.07) is -1.68. The molecule has 4 heterocycles. The zero-order chi connectivity index (χ0) is 39.3. The first-order chi connectivity index (χ1) is 24.1. The van der Waals surface area contributed by atoms with E-state index in [0.29, 0.717) is 5.57 Å². The number of oxime groups is 1. The van der Waals surface area contributed by atoms with E-state index in [1.807, 2.05) is 0 Å². The van der Waals surface area contributed by atoms with Gasteiger partial charge in [-0.25, -0.2) is 14.4 Å². The second-order valence-electron chi connectivity index (χ2n) is 10.9. The van der Waals surface area contributed by atoms with Crippen molar-refractivity contribution in [3.05, 3.63) is 23.3 Å². The molecule has 4 amide bonds. The van der Waals surface area contributed by atoms with Crippen molar-refractivity contribution >= 4 is 81.4 Å². The maximum Gasteiger partial charge on any atom is 0.430 e. The third-order valence-electron chi connectivity index (χ3n) is 6.84. The third-order valence-corrected chi connectivity index (χ3v) is 8.72. The summed E-state index contributed by atoms with van der Waals surface area (Å²) in [5.74, 6) is -7.29. The average molecular weight is 781 g/mol. The molecule has 2 aromatic heterocycles. The number of nitrogens with two attached hydrogens (primary N) is 3. The summed E-state index contributed by atoms with van der Waals surface area (Å²) in [5.41, 5.74) is 15.2. The van der Waals surface area contributed by atoms with Gasteiger partial charge in [0, 0.05) is 35.9 Å². The van der Waals surface area contributed by atoms with E-state index in [-0.39, 0.29) is 53.5 Å². The Kier molecular flexibility index (Phi) is 12.6. The van der Waals surface area contributed by atoms with Crippen LogP contribution in [0.3, 0.4) is 0 Å². The standard InChI is InChI=1S/C23H30N12O8S2.C2HF3O2/c1-23(2,20(40)41)43-31-11(15-30-21(26)45-32-15)16(36)29-12-17(37)35-13(19(38)39)9(8-44-18(12)35)6-34-7-10(14(25)33(34)3)28-22(42)27-5-4-24;3-2(4,5)1(6)7/h7,12,18,25H,4-6,8,24H2,1-3H3,(H7,26,27,28,29,30,32,36,38,39,40,41,42);(H,6,7)/b31-11-;/t12-,18-;/m1./s1. The molecule has 52 heavy (non-hydrogen) atoms. The summed E-state index contributed by atoms with van der Waals surface area (Å²) in [4.78, 5) is 81.2. The summed E-state index contributed by atoms with van der Waals surface area (Å²) < 4.78 is 38.6. The van der Waals surface area contributed by atoms with E-state index in [1.165, 1.54) is 36.5 Å². The van der Waals surface area contributed by atoms with Crippen molar-refractivity contribution in [2.45, 2.75) is 43.6 Å². The van der Waals surface area contributed by atoms with Crippen LogP contribution in [0.15, 0.2) is 22.6 Å². The number of hydrogen-bond donors (Lipinski definition) is 8. The van der Waals surface area contributed by atoms with Crippen LogP contribution in [-0.4, -0.2) is 113 Å². The Morgan fingerprint density at radius 2 is 1.85 bits per heavy atom. The van der Waals surface area contributed by atoms with Crippen LogP contribution in [0.1, 0.15) is 19.7 Å². The number of rotatable bonds is 12. The number of amides is 4. The number of thioether (sulfide) groups is 1. The van der Waals surface area contributed by atoms with E-state index in [1.54, 1.807) is 11.7 Å². The summed E-state index contributed by atoms with van der Waals surface area (Å²) >= 11 is 1.96. The average Bonchev–Trinajstić information content (AvgIpc) is 3.59. The van der Waals surface area contributed by atoms with Gasteiger partial charge >= 0.3 is 24.1 Å². The number of hydrogen-bond acceptors (Lipinski definition) is 16. The lowest BCUT2D eigenvalue weighted by atomic mass is 10.0. The van der Waals surface area contributed by atoms with Crippen molar-refractivity contribution in [1.29, 1.82) is 0 Å². The van der Waals surface area contributed by atoms with Crippen LogP contribution in [0.25, 0.3) is 0 Å². The third kappa shape index (κ3) is 9.34. The minimum absolute atomic E-state index is 0.00361. The van der Waals surface area contributed by atoms with Gasteiger partial charge in [-0.05, 0) is 13.8 Å². The van der Waals surface area contributed by atoms with E-state index in [4.69, 9.17) is 31.9 Å². The summed E-state index contributed by atoms with van der Waals surface area (Å²) in [6.45, 7) is 2.92. The zero-order valence-electron chi connectivity index (χ0n) is 27.1. The Morgan fingerprint density at radius 1 is 1.21 bits per heavy atom. The van der Waals surface area contributed by atoms with Gasteiger partial charge in [-0.3, -0.25) is 19.8 Å². The quantitative estimate of drug-likeness (QED) is 0.0453. The largest absolute Gasteiger partial charge is 0.542 e. The van der Waals surface area contributed by atoms with Gasteiger partial charge in [-0.2, -0.15) is 22.5 Å². The number of alkyl halides is 3. The lowest BCUT2D eigenvalue weighted by Crippen LogP contribution is -2.71. The van der Waals surface area contributed by atoms with Gasteiger partial charge in [0.15, 0.2) is 23.2 Å². The number of carboxylic acid groups (broad SMARTS) is 3. The fourth-order valence-corrected chi connectivity index (χ4v) is 5.91. The Balaban J connectivity index is 0.000000944. The first kappa shape index (κ1) is 40.7. The molecule has 2 aliphatic rings. The van der Waals surface area contributed by atoms with E-state index >= 15 is 0 Å². The van der Waals surface area contributed by atoms with Gasteiger partial charge in [0.1, 0.15) is 23.1 Å². The van der Waals surface area contributed by atoms with Gasteiger partial charge in [0.05, 0.1) is 7.05 Å². The Morgan fingerprint density at radius 3 is 2.37 bits per heavy atom. The van der Waals surface area contributed by atoms with Crippen LogP contribution in [0.5, 0.6) is 0 Å². The van der Waals surface area contributed by atoms with E-state index in [2.05, 4.69) is 30.5 Å². The molecule has 2 aromatic rings. The molecule has 0 unspecified atom stereocenters. The number of anilines is 3. The molecule has 0 aromatic carbocycles. The number of carboxylic acids is 3. The monoisotopic (exact) mass is 780 g/mol. The van der Waals surface area contributed by atoms with Gasteiger partial charge in [0.25, 0.3) is 11.8 Å². The van der Waals surface area contributed by atoms with Crippen molar-refractivity contribution < 1.29 is 66.8 Å². The minimum Gasteiger partial charge on any atom is -0.542 e. The number of nitrogen functional groups attached to an aromatic ring is 2. The first-order valence-corrected chi connectivity index (χ1v) is 16.1. The number of halogens is 3. The first-order valence-electron chi connectivity index (χ1n) is 14.3. The minimum atomic E-state index is -5.19. The molecule has 11 N–H and O–H groups in total. The van der Waals surface area contributed by atoms with Crippen LogP contribution in [0.4, 0.5) is 34.6 Å². The number of nitrogens with one attached hydrogen (secondary N) is 3. The highest BCUT2D eigenvalue weighted by Gasteiger charge is 2.55. The number of urea groups is 1. The van der Waals surface area contributed by atoms with Gasteiger partial charge in [-0.1, -0.05) is 5.16 Å². The number of nitrogens with zero attached hydrogens (tertiary/aromatic N) is 6. The molecule has 4 rings (SSSR count). The molecular weight excluding hydrogens is 749 g/mol. The maximum absolute atomic E-state index is 13.3. The Labute approximate surface area is 297 Å². The summed E-state index contributed by atoms with van der Waals surface area (Å²) in [6.07, 6.45) is -3.67. The predicted octanol–water partition coefficient (Wildman–Crippen LogP) is -3.27. The smallest absolute Gasteiger partial charge is 0.430 e. The number of aromatic nitrogens is 4. The molecule has 27 heteroatoms. The molecular formula is C25H31F3N12O10S2. The number of carbonyl (C=O) groups excluding carboxylic acids is 4. The van der Waals surface area contributed by atoms with Crippen molar-refractivity contribution in [2.24, 2.45) is 17.9 Å². The fourth-order valence-electron chi connectivity index (χ4n) is 4.14. The maximum atomic E-state index is 13.3. The Bertz CT molecular complexity index is 1830. The van der Waals surface area contributed by atoms with E-state index in [0.717, 1.165) is 16.4 Å². The van der Waals surface area contributed by atoms with Crippen molar-refractivity contribution in [2.75, 3.05) is 35.6 Å². The van der Waals surface area contributed by atoms with Crippen LogP contribution in [0.2, 0.25) is 0 Å². The van der Waals surface area contributed by atoms with Crippen molar-refractivity contribution in [3.8, 4) is 0 Å². The second-order valence-corrected chi connectivity index (χ2v) is 12.8. The molecule has 0 bridgehead atoms. The summed E-state index contributed by atoms with van der Waals surface area (Å²) in [5, 5.41) is 38.7. The molecule has 1 fully saturated rings. The summed E-state index contributed by atoms with van der Waals surface area (Å²) in [7, 11) is 1.61. The van der Waals surface area contributed by atoms with Crippen LogP contribution < -0.4 is 42.9 Å². The molecule has 2 aliphatic heterocycles. The molecule has 0 spiro atoms. The number of aliphatic carboxylic acids is 3. The van der Waals surface area contributed by atoms with Crippen LogP contribution in [0, 0.1) is 0 Å². The lowest BCUT2D eigenvalue weighted by Gasteiger charge is -2.49. The highest BCUT2D eigenvalue weighted by molar-refractivity contribution is 8.00. The normalized spacial score (nSPS) is 17.2. The molecule has 22 nitrogen and oxygen atoms in total. The molecule has 2 atom stereocenters.